The molecule has 0 saturated heterocycles. The van der Waals surface area contributed by atoms with Gasteiger partial charge in [-0.05, 0) is 73.2 Å². The summed E-state index contributed by atoms with van der Waals surface area (Å²) in [6, 6.07) is 36.9. The summed E-state index contributed by atoms with van der Waals surface area (Å²) in [5, 5.41) is 7.28. The molecule has 0 aliphatic heterocycles. The maximum atomic E-state index is 6.58. The van der Waals surface area contributed by atoms with Crippen molar-refractivity contribution < 1.29 is 25.8 Å². The van der Waals surface area contributed by atoms with Gasteiger partial charge in [0, 0.05) is 34.5 Å². The van der Waals surface area contributed by atoms with Gasteiger partial charge >= 0.3 is 21.1 Å². The fourth-order valence-corrected chi connectivity index (χ4v) is 6.56. The Morgan fingerprint density at radius 1 is 0.745 bits per heavy atom. The van der Waals surface area contributed by atoms with E-state index >= 15 is 0 Å². The molecule has 0 aliphatic carbocycles. The van der Waals surface area contributed by atoms with Crippen LogP contribution in [0.5, 0.6) is 11.5 Å². The molecule has 4 aromatic carbocycles. The number of pyridine rings is 1. The second-order valence-electron chi connectivity index (χ2n) is 12.1. The Morgan fingerprint density at radius 2 is 1.53 bits per heavy atom. The maximum Gasteiger partial charge on any atom is 2.00 e. The van der Waals surface area contributed by atoms with E-state index in [0.717, 1.165) is 81.7 Å². The molecule has 0 atom stereocenters. The number of ether oxygens (including phenoxy) is 1. The molecular formula is C41H38N4OPt. The summed E-state index contributed by atoms with van der Waals surface area (Å²) in [5.41, 5.74) is 11.0. The summed E-state index contributed by atoms with van der Waals surface area (Å²) in [4.78, 5) is 4.76. The number of hydrogen-bond acceptors (Lipinski definition) is 3. The van der Waals surface area contributed by atoms with Crippen LogP contribution in [0.2, 0.25) is 0 Å². The number of nitrogens with zero attached hydrogens (tertiary/aromatic N) is 4. The topological polar surface area (TPSA) is 44.9 Å². The molecule has 0 unspecified atom stereocenters. The zero-order valence-electron chi connectivity index (χ0n) is 27.5. The van der Waals surface area contributed by atoms with Crippen LogP contribution in [0.3, 0.4) is 0 Å². The van der Waals surface area contributed by atoms with Crippen LogP contribution in [0.15, 0.2) is 91.1 Å². The minimum absolute atomic E-state index is 0. The van der Waals surface area contributed by atoms with E-state index in [0.29, 0.717) is 11.5 Å². The van der Waals surface area contributed by atoms with Gasteiger partial charge in [-0.15, -0.1) is 35.7 Å². The first kappa shape index (κ1) is 32.5. The van der Waals surface area contributed by atoms with E-state index < -0.39 is 0 Å². The molecule has 5 nitrogen and oxygen atoms in total. The number of rotatable bonds is 9. The molecule has 0 saturated carbocycles. The van der Waals surface area contributed by atoms with E-state index in [9.17, 15) is 0 Å². The SMILES string of the molecule is CCCc1cc(Oc2[c-]c3c(cc2)c2cc(CCC)ccc2n3-c2cc(C)ccn2)[c-]c(-n2nc(C)c(-c3ccccc3)c2C)c1.[Pt+2]. The molecule has 7 rings (SSSR count). The van der Waals surface area contributed by atoms with Crippen molar-refractivity contribution in [3.63, 3.8) is 0 Å². The van der Waals surface area contributed by atoms with E-state index in [4.69, 9.17) is 14.8 Å². The fourth-order valence-electron chi connectivity index (χ4n) is 6.56. The molecule has 0 radical (unpaired) electrons. The second-order valence-corrected chi connectivity index (χ2v) is 12.1. The molecule has 0 N–H and O–H groups in total. The molecular weight excluding hydrogens is 760 g/mol. The first-order chi connectivity index (χ1) is 22.4. The van der Waals surface area contributed by atoms with E-state index in [-0.39, 0.29) is 21.1 Å². The van der Waals surface area contributed by atoms with Crippen molar-refractivity contribution >= 4 is 21.8 Å². The number of hydrogen-bond donors (Lipinski definition) is 0. The van der Waals surface area contributed by atoms with Gasteiger partial charge in [-0.1, -0.05) is 81.1 Å². The maximum absolute atomic E-state index is 6.58. The Kier molecular flexibility index (Phi) is 9.47. The Balaban J connectivity index is 0.00000386. The van der Waals surface area contributed by atoms with Gasteiger partial charge in [0.25, 0.3) is 0 Å². The normalized spacial score (nSPS) is 11.3. The van der Waals surface area contributed by atoms with Crippen molar-refractivity contribution in [1.82, 2.24) is 19.3 Å². The van der Waals surface area contributed by atoms with Gasteiger partial charge in [-0.2, -0.15) is 16.7 Å². The van der Waals surface area contributed by atoms with Crippen molar-refractivity contribution in [3.8, 4) is 34.1 Å². The van der Waals surface area contributed by atoms with Gasteiger partial charge in [0.05, 0.1) is 5.69 Å². The Bertz CT molecular complexity index is 2200. The first-order valence-corrected chi connectivity index (χ1v) is 16.2. The Labute approximate surface area is 291 Å². The van der Waals surface area contributed by atoms with E-state index in [1.807, 2.05) is 29.1 Å². The molecule has 7 aromatic rings. The number of aryl methyl sites for hydroxylation is 4. The third-order valence-corrected chi connectivity index (χ3v) is 8.61. The number of benzene rings is 4. The molecule has 3 aromatic heterocycles. The van der Waals surface area contributed by atoms with Gasteiger partial charge < -0.3 is 9.30 Å². The quantitative estimate of drug-likeness (QED) is 0.137. The van der Waals surface area contributed by atoms with Gasteiger partial charge in [0.15, 0.2) is 0 Å². The monoisotopic (exact) mass is 797 g/mol. The van der Waals surface area contributed by atoms with Crippen molar-refractivity contribution in [3.05, 3.63) is 131 Å². The predicted molar refractivity (Wildman–Crippen MR) is 188 cm³/mol. The van der Waals surface area contributed by atoms with Crippen LogP contribution in [-0.4, -0.2) is 19.3 Å². The minimum Gasteiger partial charge on any atom is -0.509 e. The van der Waals surface area contributed by atoms with Gasteiger partial charge in [-0.3, -0.25) is 4.68 Å². The summed E-state index contributed by atoms with van der Waals surface area (Å²) in [5.74, 6) is 2.15. The van der Waals surface area contributed by atoms with Crippen LogP contribution in [0, 0.1) is 32.9 Å². The van der Waals surface area contributed by atoms with Gasteiger partial charge in [0.2, 0.25) is 0 Å². The van der Waals surface area contributed by atoms with Crippen LogP contribution in [0.1, 0.15) is 54.8 Å². The molecule has 0 aliphatic rings. The molecule has 238 valence electrons. The Hall–Kier alpha value is -4.47. The van der Waals surface area contributed by atoms with Crippen molar-refractivity contribution in [2.75, 3.05) is 0 Å². The fraction of sp³-hybridized carbons (Fsp3) is 0.220. The van der Waals surface area contributed by atoms with Crippen LogP contribution >= 0.6 is 0 Å². The van der Waals surface area contributed by atoms with Gasteiger partial charge in [0.1, 0.15) is 5.82 Å². The molecule has 3 heterocycles. The van der Waals surface area contributed by atoms with Gasteiger partial charge in [-0.25, -0.2) is 4.98 Å². The second kappa shape index (κ2) is 13.7. The average molecular weight is 798 g/mol. The van der Waals surface area contributed by atoms with E-state index in [1.165, 1.54) is 16.5 Å². The van der Waals surface area contributed by atoms with Crippen LogP contribution in [0.25, 0.3) is 44.4 Å². The van der Waals surface area contributed by atoms with Crippen LogP contribution in [-0.2, 0) is 33.9 Å². The Morgan fingerprint density at radius 3 is 2.30 bits per heavy atom. The summed E-state index contributed by atoms with van der Waals surface area (Å²) < 4.78 is 10.8. The number of fused-ring (bicyclic) bond motifs is 3. The third-order valence-electron chi connectivity index (χ3n) is 8.61. The predicted octanol–water partition coefficient (Wildman–Crippen LogP) is 10.3. The minimum atomic E-state index is 0. The standard InChI is InChI=1S/C41H38N4O.Pt/c1-6-11-30-15-18-38-37(24-30)36-17-16-34(26-39(36)44(38)40-21-27(3)19-20-42-40)46-35-23-31(12-7-2)22-33(25-35)45-29(5)41(28(4)43-45)32-13-9-8-10-14-32;/h8-10,13-24H,6-7,11-12H2,1-5H3;/q-2;+2. The smallest absolute Gasteiger partial charge is 0.509 e. The van der Waals surface area contributed by atoms with Crippen molar-refractivity contribution in [1.29, 1.82) is 0 Å². The average Bonchev–Trinajstić information content (AvgIpc) is 3.54. The zero-order valence-corrected chi connectivity index (χ0v) is 29.8. The zero-order chi connectivity index (χ0) is 31.8. The van der Waals surface area contributed by atoms with E-state index in [1.54, 1.807) is 0 Å². The summed E-state index contributed by atoms with van der Waals surface area (Å²) in [7, 11) is 0. The first-order valence-electron chi connectivity index (χ1n) is 16.2. The molecule has 0 fully saturated rings. The molecule has 0 spiro atoms. The molecule has 47 heavy (non-hydrogen) atoms. The number of aromatic nitrogens is 4. The molecule has 6 heteroatoms. The van der Waals surface area contributed by atoms with Crippen molar-refractivity contribution in [2.45, 2.75) is 60.3 Å². The molecule has 0 bridgehead atoms. The summed E-state index contributed by atoms with van der Waals surface area (Å²) >= 11 is 0. The largest absolute Gasteiger partial charge is 2.00 e. The molecule has 0 amide bonds. The van der Waals surface area contributed by atoms with Crippen LogP contribution < -0.4 is 4.74 Å². The van der Waals surface area contributed by atoms with E-state index in [2.05, 4.69) is 118 Å². The van der Waals surface area contributed by atoms with Crippen LogP contribution in [0.4, 0.5) is 0 Å². The third kappa shape index (κ3) is 6.29. The summed E-state index contributed by atoms with van der Waals surface area (Å²) in [6.07, 6.45) is 5.97. The summed E-state index contributed by atoms with van der Waals surface area (Å²) in [6.45, 7) is 10.7. The van der Waals surface area contributed by atoms with Crippen molar-refractivity contribution in [2.24, 2.45) is 0 Å².